The van der Waals surface area contributed by atoms with E-state index in [2.05, 4.69) is 4.98 Å². The van der Waals surface area contributed by atoms with Gasteiger partial charge in [-0.1, -0.05) is 0 Å². The number of nitrogens with two attached hydrogens (primary N) is 1. The van der Waals surface area contributed by atoms with E-state index in [4.69, 9.17) is 5.84 Å². The van der Waals surface area contributed by atoms with Gasteiger partial charge in [0.15, 0.2) is 6.20 Å². The topological polar surface area (TPSA) is 128 Å². The van der Waals surface area contributed by atoms with Crippen LogP contribution in [0.1, 0.15) is 0 Å². The maximum Gasteiger partial charge on any atom is 0.363 e. The van der Waals surface area contributed by atoms with Gasteiger partial charge in [0.05, 0.1) is 0 Å². The molecule has 9 heteroatoms. The Morgan fingerprint density at radius 2 is 2.14 bits per heavy atom. The van der Waals surface area contributed by atoms with Gasteiger partial charge in [0.25, 0.3) is 10.0 Å². The Kier molecular flexibility index (Phi) is 2.74. The van der Waals surface area contributed by atoms with Gasteiger partial charge in [0, 0.05) is 6.07 Å². The molecular weight excluding hydrogens is 212 g/mol. The Labute approximate surface area is 78.9 Å². The number of hydrogen-bond acceptors (Lipinski definition) is 6. The van der Waals surface area contributed by atoms with Crippen LogP contribution in [0.25, 0.3) is 0 Å². The first-order valence-electron chi connectivity index (χ1n) is 3.30. The normalized spacial score (nSPS) is 11.2. The van der Waals surface area contributed by atoms with E-state index >= 15 is 0 Å². The molecule has 8 nitrogen and oxygen atoms in total. The lowest BCUT2D eigenvalue weighted by Gasteiger charge is -1.98. The number of hydrazine groups is 1. The number of nitro groups is 1. The molecule has 1 aromatic heterocycles. The van der Waals surface area contributed by atoms with E-state index in [9.17, 15) is 18.5 Å². The second-order valence-electron chi connectivity index (χ2n) is 2.23. The summed E-state index contributed by atoms with van der Waals surface area (Å²) in [6.45, 7) is 0. The van der Waals surface area contributed by atoms with Crippen molar-refractivity contribution in [1.82, 2.24) is 9.82 Å². The third kappa shape index (κ3) is 2.02. The summed E-state index contributed by atoms with van der Waals surface area (Å²) in [7, 11) is -3.80. The Bertz CT molecular complexity index is 439. The van der Waals surface area contributed by atoms with Crippen LogP contribution in [0.15, 0.2) is 23.2 Å². The van der Waals surface area contributed by atoms with Gasteiger partial charge in [0.1, 0.15) is 4.90 Å². The van der Waals surface area contributed by atoms with Crippen LogP contribution in [0.3, 0.4) is 0 Å². The van der Waals surface area contributed by atoms with E-state index in [0.29, 0.717) is 0 Å². The summed E-state index contributed by atoms with van der Waals surface area (Å²) < 4.78 is 22.1. The lowest BCUT2D eigenvalue weighted by Crippen LogP contribution is -2.30. The van der Waals surface area contributed by atoms with Gasteiger partial charge in [0.2, 0.25) is 0 Å². The molecule has 14 heavy (non-hydrogen) atoms. The summed E-state index contributed by atoms with van der Waals surface area (Å²) in [5.74, 6) is 4.31. The molecule has 0 aliphatic rings. The molecule has 0 atom stereocenters. The molecule has 0 aliphatic carbocycles. The van der Waals surface area contributed by atoms with E-state index in [1.54, 1.807) is 4.83 Å². The van der Waals surface area contributed by atoms with Gasteiger partial charge >= 0.3 is 5.82 Å². The summed E-state index contributed by atoms with van der Waals surface area (Å²) in [5.41, 5.74) is 0. The Hall–Kier alpha value is -1.58. The molecule has 0 amide bonds. The zero-order valence-electron chi connectivity index (χ0n) is 6.75. The predicted octanol–water partition coefficient (Wildman–Crippen LogP) is -0.858. The summed E-state index contributed by atoms with van der Waals surface area (Å²) in [6, 6.07) is 2.02. The van der Waals surface area contributed by atoms with Crippen molar-refractivity contribution in [3.05, 3.63) is 28.4 Å². The van der Waals surface area contributed by atoms with Crippen LogP contribution in [0.4, 0.5) is 5.82 Å². The first kappa shape index (κ1) is 10.5. The molecule has 0 saturated carbocycles. The summed E-state index contributed by atoms with van der Waals surface area (Å²) in [5, 5.41) is 10.2. The average Bonchev–Trinajstić information content (AvgIpc) is 2.18. The molecule has 0 bridgehead atoms. The van der Waals surface area contributed by atoms with Crippen molar-refractivity contribution in [1.29, 1.82) is 0 Å². The monoisotopic (exact) mass is 218 g/mol. The lowest BCUT2D eigenvalue weighted by atomic mass is 10.5. The van der Waals surface area contributed by atoms with Crippen molar-refractivity contribution < 1.29 is 13.3 Å². The minimum atomic E-state index is -3.80. The van der Waals surface area contributed by atoms with Gasteiger partial charge in [-0.25, -0.2) is 8.42 Å². The van der Waals surface area contributed by atoms with Crippen molar-refractivity contribution in [3.63, 3.8) is 0 Å². The van der Waals surface area contributed by atoms with Crippen LogP contribution >= 0.6 is 0 Å². The van der Waals surface area contributed by atoms with Gasteiger partial charge in [-0.3, -0.25) is 5.84 Å². The van der Waals surface area contributed by atoms with Crippen LogP contribution in [0.5, 0.6) is 0 Å². The Morgan fingerprint density at radius 1 is 1.50 bits per heavy atom. The summed E-state index contributed by atoms with van der Waals surface area (Å²) >= 11 is 0. The molecular formula is C5H6N4O4S. The fourth-order valence-electron chi connectivity index (χ4n) is 0.707. The Morgan fingerprint density at radius 3 is 2.50 bits per heavy atom. The SMILES string of the molecule is NNS(=O)(=O)c1ccc([N+](=O)[O-])nc1. The zero-order chi connectivity index (χ0) is 10.8. The van der Waals surface area contributed by atoms with Crippen molar-refractivity contribution in [2.75, 3.05) is 0 Å². The molecule has 0 spiro atoms. The lowest BCUT2D eigenvalue weighted by molar-refractivity contribution is -0.389. The maximum absolute atomic E-state index is 11.0. The van der Waals surface area contributed by atoms with Crippen LogP contribution in [-0.2, 0) is 10.0 Å². The first-order chi connectivity index (χ1) is 6.47. The maximum atomic E-state index is 11.0. The van der Waals surface area contributed by atoms with E-state index in [1.807, 2.05) is 0 Å². The van der Waals surface area contributed by atoms with E-state index in [1.165, 1.54) is 0 Å². The van der Waals surface area contributed by atoms with Gasteiger partial charge in [-0.2, -0.15) is 0 Å². The largest absolute Gasteiger partial charge is 0.363 e. The number of aromatic nitrogens is 1. The number of nitrogens with zero attached hydrogens (tertiary/aromatic N) is 2. The fraction of sp³-hybridized carbons (Fsp3) is 0. The van der Waals surface area contributed by atoms with E-state index in [0.717, 1.165) is 18.3 Å². The third-order valence-electron chi connectivity index (χ3n) is 1.37. The molecule has 0 fully saturated rings. The zero-order valence-corrected chi connectivity index (χ0v) is 7.56. The molecule has 76 valence electrons. The van der Waals surface area contributed by atoms with Crippen molar-refractivity contribution >= 4 is 15.8 Å². The highest BCUT2D eigenvalue weighted by Crippen LogP contribution is 2.10. The second kappa shape index (κ2) is 3.65. The molecule has 0 aliphatic heterocycles. The van der Waals surface area contributed by atoms with Crippen LogP contribution < -0.4 is 10.7 Å². The highest BCUT2D eigenvalue weighted by Gasteiger charge is 2.15. The highest BCUT2D eigenvalue weighted by molar-refractivity contribution is 7.89. The second-order valence-corrected chi connectivity index (χ2v) is 3.94. The molecule has 1 aromatic rings. The number of pyridine rings is 1. The quantitative estimate of drug-likeness (QED) is 0.386. The molecule has 0 radical (unpaired) electrons. The fourth-order valence-corrected chi connectivity index (χ4v) is 1.28. The minimum Gasteiger partial charge on any atom is -0.358 e. The van der Waals surface area contributed by atoms with Crippen LogP contribution in [0.2, 0.25) is 0 Å². The van der Waals surface area contributed by atoms with E-state index < -0.39 is 20.8 Å². The first-order valence-corrected chi connectivity index (χ1v) is 4.78. The summed E-state index contributed by atoms with van der Waals surface area (Å²) in [6.07, 6.45) is 0.854. The molecule has 1 heterocycles. The Balaban J connectivity index is 3.12. The number of rotatable bonds is 3. The predicted molar refractivity (Wildman–Crippen MR) is 45.4 cm³/mol. The van der Waals surface area contributed by atoms with Crippen molar-refractivity contribution in [2.45, 2.75) is 4.90 Å². The van der Waals surface area contributed by atoms with Crippen molar-refractivity contribution in [2.24, 2.45) is 5.84 Å². The van der Waals surface area contributed by atoms with Gasteiger partial charge in [-0.15, -0.1) is 4.83 Å². The van der Waals surface area contributed by atoms with Gasteiger partial charge < -0.3 is 10.1 Å². The van der Waals surface area contributed by atoms with Crippen LogP contribution in [0, 0.1) is 10.1 Å². The number of hydrogen-bond donors (Lipinski definition) is 2. The third-order valence-corrected chi connectivity index (χ3v) is 2.55. The van der Waals surface area contributed by atoms with E-state index in [-0.39, 0.29) is 4.90 Å². The smallest absolute Gasteiger partial charge is 0.358 e. The molecule has 3 N–H and O–H groups in total. The average molecular weight is 218 g/mol. The van der Waals surface area contributed by atoms with Crippen LogP contribution in [-0.4, -0.2) is 18.3 Å². The standard InChI is InChI=1S/C5H6N4O4S/c6-8-14(12,13)4-1-2-5(7-3-4)9(10)11/h1-3,8H,6H2. The molecule has 0 unspecified atom stereocenters. The molecule has 0 aromatic carbocycles. The minimum absolute atomic E-state index is 0.231. The number of sulfonamides is 1. The molecule has 1 rings (SSSR count). The van der Waals surface area contributed by atoms with Gasteiger partial charge in [-0.05, 0) is 16.0 Å². The summed E-state index contributed by atoms with van der Waals surface area (Å²) in [4.78, 5) is 14.1. The highest BCUT2D eigenvalue weighted by atomic mass is 32.2. The van der Waals surface area contributed by atoms with Crippen molar-refractivity contribution in [3.8, 4) is 0 Å². The molecule has 0 saturated heterocycles. The number of nitrogens with one attached hydrogen (secondary N) is 1.